The summed E-state index contributed by atoms with van der Waals surface area (Å²) in [5.41, 5.74) is -0.637. The lowest BCUT2D eigenvalue weighted by atomic mass is 9.92. The molecule has 0 radical (unpaired) electrons. The van der Waals surface area contributed by atoms with Crippen molar-refractivity contribution in [2.75, 3.05) is 6.61 Å². The molecule has 6 nitrogen and oxygen atoms in total. The molecule has 2 aliphatic rings. The van der Waals surface area contributed by atoms with Crippen LogP contribution in [0.4, 0.5) is 0 Å². The van der Waals surface area contributed by atoms with Gasteiger partial charge in [0, 0.05) is 6.04 Å². The molecule has 0 amide bonds. The van der Waals surface area contributed by atoms with E-state index >= 15 is 0 Å². The third-order valence-corrected chi connectivity index (χ3v) is 4.31. The number of aryl methyl sites for hydroxylation is 2. The summed E-state index contributed by atoms with van der Waals surface area (Å²) in [6, 6.07) is 0.444. The van der Waals surface area contributed by atoms with Gasteiger partial charge >= 0.3 is 5.97 Å². The molecule has 1 atom stereocenters. The Hall–Kier alpha value is -1.43. The Labute approximate surface area is 125 Å². The Morgan fingerprint density at radius 3 is 2.57 bits per heavy atom. The molecule has 1 unspecified atom stereocenters. The van der Waals surface area contributed by atoms with Crippen LogP contribution in [0.3, 0.4) is 0 Å². The first-order valence-corrected chi connectivity index (χ1v) is 7.88. The summed E-state index contributed by atoms with van der Waals surface area (Å²) >= 11 is 0. The van der Waals surface area contributed by atoms with E-state index in [1.807, 2.05) is 25.5 Å². The Morgan fingerprint density at radius 1 is 1.38 bits per heavy atom. The van der Waals surface area contributed by atoms with Gasteiger partial charge in [0.05, 0.1) is 13.2 Å². The SMILES string of the molecule is CCOC(=O)C(Cn1nc(C)nc1C)(NC1CC1)C1CC1. The highest BCUT2D eigenvalue weighted by Crippen LogP contribution is 2.43. The number of ether oxygens (including phenoxy) is 1. The molecule has 0 bridgehead atoms. The standard InChI is InChI=1S/C15H24N4O2/c1-4-21-14(20)15(12-5-6-12,17-13-7-8-13)9-19-11(3)16-10(2)18-19/h12-13,17H,4-9H2,1-3H3. The molecule has 0 spiro atoms. The van der Waals surface area contributed by atoms with Crippen LogP contribution in [0.25, 0.3) is 0 Å². The van der Waals surface area contributed by atoms with E-state index in [0.29, 0.717) is 25.1 Å². The number of rotatable bonds is 7. The Balaban J connectivity index is 1.89. The van der Waals surface area contributed by atoms with Crippen LogP contribution >= 0.6 is 0 Å². The fourth-order valence-electron chi connectivity index (χ4n) is 2.96. The summed E-state index contributed by atoms with van der Waals surface area (Å²) < 4.78 is 7.24. The molecule has 1 heterocycles. The molecular formula is C15H24N4O2. The minimum atomic E-state index is -0.637. The molecule has 0 saturated heterocycles. The van der Waals surface area contributed by atoms with Crippen LogP contribution in [-0.2, 0) is 16.1 Å². The zero-order chi connectivity index (χ0) is 15.0. The summed E-state index contributed by atoms with van der Waals surface area (Å²) in [5.74, 6) is 1.81. The summed E-state index contributed by atoms with van der Waals surface area (Å²) in [6.45, 7) is 6.59. The average molecular weight is 292 g/mol. The van der Waals surface area contributed by atoms with Crippen LogP contribution < -0.4 is 5.32 Å². The van der Waals surface area contributed by atoms with Gasteiger partial charge in [-0.3, -0.25) is 5.32 Å². The van der Waals surface area contributed by atoms with Crippen molar-refractivity contribution in [1.29, 1.82) is 0 Å². The largest absolute Gasteiger partial charge is 0.465 e. The molecule has 3 rings (SSSR count). The maximum atomic E-state index is 12.7. The Morgan fingerprint density at radius 2 is 2.10 bits per heavy atom. The van der Waals surface area contributed by atoms with E-state index in [2.05, 4.69) is 15.4 Å². The molecule has 2 fully saturated rings. The molecule has 1 aromatic rings. The lowest BCUT2D eigenvalue weighted by Crippen LogP contribution is -2.58. The fraction of sp³-hybridized carbons (Fsp3) is 0.800. The summed E-state index contributed by atoms with van der Waals surface area (Å²) in [6.07, 6.45) is 4.43. The van der Waals surface area contributed by atoms with Crippen LogP contribution in [0.2, 0.25) is 0 Å². The maximum absolute atomic E-state index is 12.7. The zero-order valence-electron chi connectivity index (χ0n) is 13.1. The number of nitrogens with zero attached hydrogens (tertiary/aromatic N) is 3. The van der Waals surface area contributed by atoms with E-state index in [0.717, 1.165) is 37.3 Å². The topological polar surface area (TPSA) is 69.0 Å². The van der Waals surface area contributed by atoms with Crippen molar-refractivity contribution in [2.24, 2.45) is 5.92 Å². The molecule has 116 valence electrons. The van der Waals surface area contributed by atoms with Crippen LogP contribution in [0.15, 0.2) is 0 Å². The van der Waals surface area contributed by atoms with E-state index in [1.54, 1.807) is 0 Å². The summed E-state index contributed by atoms with van der Waals surface area (Å²) in [5, 5.41) is 8.01. The van der Waals surface area contributed by atoms with Gasteiger partial charge in [0.15, 0.2) is 0 Å². The monoisotopic (exact) mass is 292 g/mol. The zero-order valence-corrected chi connectivity index (χ0v) is 13.1. The van der Waals surface area contributed by atoms with Gasteiger partial charge in [-0.1, -0.05) is 0 Å². The van der Waals surface area contributed by atoms with Crippen molar-refractivity contribution >= 4 is 5.97 Å². The predicted octanol–water partition coefficient (Wildman–Crippen LogP) is 1.36. The molecule has 6 heteroatoms. The highest BCUT2D eigenvalue weighted by Gasteiger charge is 2.54. The molecule has 1 aromatic heterocycles. The molecule has 2 aliphatic carbocycles. The van der Waals surface area contributed by atoms with Gasteiger partial charge in [-0.05, 0) is 52.4 Å². The fourth-order valence-corrected chi connectivity index (χ4v) is 2.96. The van der Waals surface area contributed by atoms with Crippen LogP contribution in [0, 0.1) is 19.8 Å². The van der Waals surface area contributed by atoms with Crippen molar-refractivity contribution in [3.63, 3.8) is 0 Å². The van der Waals surface area contributed by atoms with Crippen molar-refractivity contribution in [3.05, 3.63) is 11.6 Å². The minimum absolute atomic E-state index is 0.132. The van der Waals surface area contributed by atoms with Gasteiger partial charge in [-0.25, -0.2) is 14.5 Å². The number of esters is 1. The lowest BCUT2D eigenvalue weighted by Gasteiger charge is -2.33. The number of hydrogen-bond acceptors (Lipinski definition) is 5. The highest BCUT2D eigenvalue weighted by atomic mass is 16.5. The van der Waals surface area contributed by atoms with Crippen molar-refractivity contribution in [2.45, 2.75) is 64.6 Å². The number of nitrogens with one attached hydrogen (secondary N) is 1. The maximum Gasteiger partial charge on any atom is 0.328 e. The van der Waals surface area contributed by atoms with E-state index in [1.165, 1.54) is 0 Å². The number of hydrogen-bond donors (Lipinski definition) is 1. The first-order valence-electron chi connectivity index (χ1n) is 7.88. The van der Waals surface area contributed by atoms with E-state index in [4.69, 9.17) is 4.74 Å². The van der Waals surface area contributed by atoms with Crippen LogP contribution in [0.5, 0.6) is 0 Å². The van der Waals surface area contributed by atoms with Crippen molar-refractivity contribution < 1.29 is 9.53 Å². The van der Waals surface area contributed by atoms with Gasteiger partial charge in [-0.2, -0.15) is 5.10 Å². The second kappa shape index (κ2) is 5.40. The summed E-state index contributed by atoms with van der Waals surface area (Å²) in [4.78, 5) is 17.0. The highest BCUT2D eigenvalue weighted by molar-refractivity contribution is 5.82. The van der Waals surface area contributed by atoms with Gasteiger partial charge < -0.3 is 4.74 Å². The van der Waals surface area contributed by atoms with Gasteiger partial charge in [-0.15, -0.1) is 0 Å². The molecule has 0 aromatic carbocycles. The number of aromatic nitrogens is 3. The van der Waals surface area contributed by atoms with Crippen LogP contribution in [-0.4, -0.2) is 38.9 Å². The molecular weight excluding hydrogens is 268 g/mol. The first kappa shape index (κ1) is 14.5. The number of carbonyl (C=O) groups excluding carboxylic acids is 1. The normalized spacial score (nSPS) is 21.1. The number of carbonyl (C=O) groups is 1. The van der Waals surface area contributed by atoms with E-state index < -0.39 is 5.54 Å². The first-order chi connectivity index (χ1) is 10.0. The van der Waals surface area contributed by atoms with E-state index in [-0.39, 0.29) is 5.97 Å². The quantitative estimate of drug-likeness (QED) is 0.768. The third-order valence-electron chi connectivity index (χ3n) is 4.31. The molecule has 1 N–H and O–H groups in total. The second-order valence-electron chi connectivity index (χ2n) is 6.25. The summed E-state index contributed by atoms with van der Waals surface area (Å²) in [7, 11) is 0. The molecule has 2 saturated carbocycles. The Bertz CT molecular complexity index is 534. The van der Waals surface area contributed by atoms with Gasteiger partial charge in [0.1, 0.15) is 17.2 Å². The Kier molecular flexibility index (Phi) is 3.73. The smallest absolute Gasteiger partial charge is 0.328 e. The van der Waals surface area contributed by atoms with Gasteiger partial charge in [0.25, 0.3) is 0 Å². The molecule has 21 heavy (non-hydrogen) atoms. The predicted molar refractivity (Wildman–Crippen MR) is 77.7 cm³/mol. The van der Waals surface area contributed by atoms with E-state index in [9.17, 15) is 4.79 Å². The van der Waals surface area contributed by atoms with Crippen molar-refractivity contribution in [1.82, 2.24) is 20.1 Å². The minimum Gasteiger partial charge on any atom is -0.465 e. The third kappa shape index (κ3) is 2.95. The second-order valence-corrected chi connectivity index (χ2v) is 6.25. The lowest BCUT2D eigenvalue weighted by molar-refractivity contribution is -0.153. The average Bonchev–Trinajstić information content (AvgIpc) is 3.31. The van der Waals surface area contributed by atoms with Gasteiger partial charge in [0.2, 0.25) is 0 Å². The molecule has 0 aliphatic heterocycles. The van der Waals surface area contributed by atoms with Crippen molar-refractivity contribution in [3.8, 4) is 0 Å². The van der Waals surface area contributed by atoms with Crippen LogP contribution in [0.1, 0.15) is 44.3 Å².